The molecule has 0 aromatic carbocycles. The lowest BCUT2D eigenvalue weighted by molar-refractivity contribution is -0.137. The van der Waals surface area contributed by atoms with Crippen LogP contribution in [0.15, 0.2) is 0 Å². The zero-order chi connectivity index (χ0) is 15.4. The van der Waals surface area contributed by atoms with Gasteiger partial charge in [-0.05, 0) is 0 Å². The van der Waals surface area contributed by atoms with Crippen molar-refractivity contribution in [2.45, 2.75) is 0 Å². The molecule has 4 nitrogen and oxygen atoms in total. The Morgan fingerprint density at radius 2 is 0.722 bits per heavy atom. The zero-order valence-electron chi connectivity index (χ0n) is 7.41. The fourth-order valence-electron chi connectivity index (χ4n) is 0.443. The maximum atomic E-state index is 11.5. The molecular formula is C2H2F10N2O2S2. The summed E-state index contributed by atoms with van der Waals surface area (Å²) in [6.45, 7) is 0. The quantitative estimate of drug-likeness (QED) is 0.596. The van der Waals surface area contributed by atoms with Gasteiger partial charge in [-0.3, -0.25) is 9.59 Å². The predicted molar refractivity (Wildman–Crippen MR) is 42.5 cm³/mol. The van der Waals surface area contributed by atoms with Gasteiger partial charge in [0.2, 0.25) is 0 Å². The minimum Gasteiger partial charge on any atom is -0.262 e. The minimum atomic E-state index is -10.8. The number of amides is 2. The number of carbonyl (C=O) groups excluding carboxylic acids is 2. The van der Waals surface area contributed by atoms with E-state index in [0.717, 1.165) is 0 Å². The van der Waals surface area contributed by atoms with E-state index in [2.05, 4.69) is 0 Å². The third kappa shape index (κ3) is 10.1. The Morgan fingerprint density at radius 1 is 0.556 bits per heavy atom. The van der Waals surface area contributed by atoms with E-state index >= 15 is 0 Å². The number of nitrogens with one attached hydrogen (secondary N) is 2. The van der Waals surface area contributed by atoms with E-state index in [-0.39, 0.29) is 0 Å². The third-order valence-electron chi connectivity index (χ3n) is 0.777. The van der Waals surface area contributed by atoms with Crippen LogP contribution in [0.4, 0.5) is 38.9 Å². The first-order valence-corrected chi connectivity index (χ1v) is 7.01. The Hall–Kier alpha value is -1.06. The van der Waals surface area contributed by atoms with E-state index < -0.39 is 42.1 Å². The number of carbonyl (C=O) groups is 2. The number of halogens is 10. The summed E-state index contributed by atoms with van der Waals surface area (Å²) in [6.07, 6.45) is 0. The van der Waals surface area contributed by atoms with Crippen molar-refractivity contribution >= 4 is 32.6 Å². The van der Waals surface area contributed by atoms with Gasteiger partial charge in [0.25, 0.3) is 0 Å². The molecule has 0 fully saturated rings. The molecule has 0 aromatic heterocycles. The van der Waals surface area contributed by atoms with E-state index in [1.807, 2.05) is 0 Å². The zero-order valence-corrected chi connectivity index (χ0v) is 9.05. The average molecular weight is 340 g/mol. The Balaban J connectivity index is 5.08. The summed E-state index contributed by atoms with van der Waals surface area (Å²) >= 11 is 0. The molecule has 0 aliphatic rings. The van der Waals surface area contributed by atoms with Crippen LogP contribution in [-0.2, 0) is 9.59 Å². The lowest BCUT2D eigenvalue weighted by Crippen LogP contribution is -2.46. The van der Waals surface area contributed by atoms with Gasteiger partial charge >= 0.3 is 32.6 Å². The Labute approximate surface area is 91.4 Å². The van der Waals surface area contributed by atoms with Crippen molar-refractivity contribution in [3.63, 3.8) is 0 Å². The molecule has 0 heterocycles. The fourth-order valence-corrected chi connectivity index (χ4v) is 1.33. The van der Waals surface area contributed by atoms with Crippen LogP contribution in [0.1, 0.15) is 0 Å². The van der Waals surface area contributed by atoms with Gasteiger partial charge in [-0.15, -0.1) is 0 Å². The van der Waals surface area contributed by atoms with Crippen LogP contribution >= 0.6 is 20.8 Å². The van der Waals surface area contributed by atoms with E-state index in [0.29, 0.717) is 0 Å². The Kier molecular flexibility index (Phi) is 2.45. The molecule has 0 saturated heterocycles. The van der Waals surface area contributed by atoms with Crippen molar-refractivity contribution in [2.24, 2.45) is 0 Å². The van der Waals surface area contributed by atoms with Crippen molar-refractivity contribution in [1.82, 2.24) is 9.44 Å². The molecule has 0 aromatic rings. The molecule has 18 heavy (non-hydrogen) atoms. The normalized spacial score (nSPS) is 20.8. The second kappa shape index (κ2) is 2.61. The van der Waals surface area contributed by atoms with Crippen LogP contribution in [0.5, 0.6) is 0 Å². The summed E-state index contributed by atoms with van der Waals surface area (Å²) < 4.78 is 112. The largest absolute Gasteiger partial charge is 0.364 e. The summed E-state index contributed by atoms with van der Waals surface area (Å²) in [5.74, 6) is -7.25. The van der Waals surface area contributed by atoms with E-state index in [4.69, 9.17) is 0 Å². The molecule has 114 valence electrons. The second-order valence-electron chi connectivity index (χ2n) is 2.80. The topological polar surface area (TPSA) is 58.2 Å². The van der Waals surface area contributed by atoms with Crippen molar-refractivity contribution in [2.75, 3.05) is 0 Å². The van der Waals surface area contributed by atoms with Crippen molar-refractivity contribution < 1.29 is 48.4 Å². The summed E-state index contributed by atoms with van der Waals surface area (Å²) in [5.41, 5.74) is 0. The SMILES string of the molecule is O=C(NS(F)(F)(F)(F)F)C(=O)NS(F)(F)(F)(F)F. The first-order chi connectivity index (χ1) is 6.96. The molecule has 0 aliphatic carbocycles. The predicted octanol–water partition coefficient (Wildman–Crippen LogP) is 3.65. The molecule has 0 aliphatic heterocycles. The molecule has 0 spiro atoms. The third-order valence-corrected chi connectivity index (χ3v) is 1.92. The van der Waals surface area contributed by atoms with Crippen LogP contribution in [0, 0.1) is 0 Å². The highest BCUT2D eigenvalue weighted by Gasteiger charge is 2.68. The number of rotatable bonds is 2. The van der Waals surface area contributed by atoms with Crippen LogP contribution in [-0.4, -0.2) is 11.8 Å². The molecule has 0 bridgehead atoms. The van der Waals surface area contributed by atoms with Gasteiger partial charge in [0.15, 0.2) is 0 Å². The maximum Gasteiger partial charge on any atom is 0.364 e. The van der Waals surface area contributed by atoms with Gasteiger partial charge < -0.3 is 0 Å². The highest BCUT2D eigenvalue weighted by Crippen LogP contribution is 2.95. The summed E-state index contributed by atoms with van der Waals surface area (Å²) in [4.78, 5) is 20.0. The van der Waals surface area contributed by atoms with Gasteiger partial charge in [-0.1, -0.05) is 38.9 Å². The molecule has 0 saturated carbocycles. The number of hydrogen-bond acceptors (Lipinski definition) is 2. The van der Waals surface area contributed by atoms with Gasteiger partial charge in [-0.2, -0.15) is 0 Å². The second-order valence-corrected chi connectivity index (χ2v) is 7.08. The van der Waals surface area contributed by atoms with Crippen LogP contribution < -0.4 is 9.44 Å². The monoisotopic (exact) mass is 340 g/mol. The fraction of sp³-hybridized carbons (Fsp3) is 0. The first kappa shape index (κ1) is 16.9. The van der Waals surface area contributed by atoms with Gasteiger partial charge in [-0.25, -0.2) is 9.44 Å². The molecule has 0 atom stereocenters. The highest BCUT2D eigenvalue weighted by atomic mass is 32.5. The standard InChI is InChI=1S/C2H2F10N2O2S2/c3-17(4,5,6,7)13-1(15)2(16)14-18(8,9,10,11)12/h(H,13,15)(H,14,16). The van der Waals surface area contributed by atoms with Crippen molar-refractivity contribution in [3.8, 4) is 0 Å². The number of hydrogen-bond donors (Lipinski definition) is 2. The molecule has 0 unspecified atom stereocenters. The van der Waals surface area contributed by atoms with Crippen molar-refractivity contribution in [3.05, 3.63) is 0 Å². The minimum absolute atomic E-state index is 1.25. The molecular weight excluding hydrogens is 338 g/mol. The molecule has 0 radical (unpaired) electrons. The molecule has 2 amide bonds. The Morgan fingerprint density at radius 3 is 0.833 bits per heavy atom. The smallest absolute Gasteiger partial charge is 0.262 e. The van der Waals surface area contributed by atoms with E-state index in [9.17, 15) is 48.4 Å². The van der Waals surface area contributed by atoms with E-state index in [1.54, 1.807) is 0 Å². The van der Waals surface area contributed by atoms with Crippen LogP contribution in [0.2, 0.25) is 0 Å². The molecule has 16 heteroatoms. The van der Waals surface area contributed by atoms with E-state index in [1.165, 1.54) is 0 Å². The van der Waals surface area contributed by atoms with Gasteiger partial charge in [0.05, 0.1) is 0 Å². The molecule has 0 rings (SSSR count). The summed E-state index contributed by atoms with van der Waals surface area (Å²) in [5, 5.41) is 0. The lowest BCUT2D eigenvalue weighted by Gasteiger charge is -2.42. The summed E-state index contributed by atoms with van der Waals surface area (Å²) in [6, 6.07) is 0. The Bertz CT molecular complexity index is 373. The summed E-state index contributed by atoms with van der Waals surface area (Å²) in [7, 11) is -21.5. The van der Waals surface area contributed by atoms with Gasteiger partial charge in [0, 0.05) is 0 Å². The van der Waals surface area contributed by atoms with Crippen LogP contribution in [0.25, 0.3) is 0 Å². The van der Waals surface area contributed by atoms with Gasteiger partial charge in [0.1, 0.15) is 0 Å². The van der Waals surface area contributed by atoms with Crippen LogP contribution in [0.3, 0.4) is 0 Å². The van der Waals surface area contributed by atoms with Crippen molar-refractivity contribution in [1.29, 1.82) is 0 Å². The molecule has 2 N–H and O–H groups in total. The lowest BCUT2D eigenvalue weighted by atomic mass is 10.6. The highest BCUT2D eigenvalue weighted by molar-refractivity contribution is 8.45. The first-order valence-electron chi connectivity index (χ1n) is 3.11. The average Bonchev–Trinajstić information content (AvgIpc) is 1.70. The maximum absolute atomic E-state index is 11.5.